The number of halogens is 1. The second-order valence-electron chi connectivity index (χ2n) is 3.84. The fraction of sp³-hybridized carbons (Fsp3) is 0.143. The number of ether oxygens (including phenoxy) is 1. The Kier molecular flexibility index (Phi) is 4.95. The predicted molar refractivity (Wildman–Crippen MR) is 73.8 cm³/mol. The Morgan fingerprint density at radius 2 is 2.05 bits per heavy atom. The van der Waals surface area contributed by atoms with Crippen LogP contribution in [0.1, 0.15) is 10.4 Å². The molecule has 1 aromatic carbocycles. The van der Waals surface area contributed by atoms with E-state index in [1.54, 1.807) is 12.1 Å². The Hall–Kier alpha value is -2.08. The van der Waals surface area contributed by atoms with Crippen molar-refractivity contribution in [1.29, 1.82) is 0 Å². The van der Waals surface area contributed by atoms with E-state index >= 15 is 0 Å². The first-order valence-corrected chi connectivity index (χ1v) is 6.84. The largest absolute Gasteiger partial charge is 0.493 e. The number of hydrogen-bond acceptors (Lipinski definition) is 4. The van der Waals surface area contributed by atoms with Crippen LogP contribution in [0, 0.1) is 5.82 Å². The first-order chi connectivity index (χ1) is 9.65. The van der Waals surface area contributed by atoms with E-state index < -0.39 is 5.97 Å². The van der Waals surface area contributed by atoms with Gasteiger partial charge in [-0.25, -0.2) is 14.2 Å². The average Bonchev–Trinajstić information content (AvgIpc) is 2.46. The van der Waals surface area contributed by atoms with Crippen molar-refractivity contribution in [3.05, 3.63) is 54.0 Å². The van der Waals surface area contributed by atoms with Gasteiger partial charge in [-0.1, -0.05) is 0 Å². The Morgan fingerprint density at radius 3 is 2.75 bits per heavy atom. The van der Waals surface area contributed by atoms with Gasteiger partial charge in [0, 0.05) is 11.9 Å². The summed E-state index contributed by atoms with van der Waals surface area (Å²) < 4.78 is 18.1. The molecule has 0 saturated carbocycles. The number of rotatable bonds is 6. The number of hydrogen-bond donors (Lipinski definition) is 1. The second-order valence-corrected chi connectivity index (χ2v) is 4.95. The molecule has 104 valence electrons. The van der Waals surface area contributed by atoms with Gasteiger partial charge >= 0.3 is 5.97 Å². The van der Waals surface area contributed by atoms with E-state index in [4.69, 9.17) is 9.84 Å². The van der Waals surface area contributed by atoms with E-state index in [0.29, 0.717) is 23.1 Å². The number of aromatic carboxylic acids is 1. The van der Waals surface area contributed by atoms with Crippen LogP contribution in [0.5, 0.6) is 5.75 Å². The lowest BCUT2D eigenvalue weighted by Gasteiger charge is -2.05. The Bertz CT molecular complexity index is 589. The van der Waals surface area contributed by atoms with Crippen LogP contribution >= 0.6 is 11.8 Å². The molecule has 0 spiro atoms. The standard InChI is InChI=1S/C14H12FNO3S/c15-11-1-3-12(4-2-11)19-7-8-20-13-9-10(14(17)18)5-6-16-13/h1-6,9H,7-8H2,(H,17,18). The van der Waals surface area contributed by atoms with E-state index in [-0.39, 0.29) is 11.4 Å². The molecule has 2 aromatic rings. The molecule has 0 aliphatic heterocycles. The molecule has 4 nitrogen and oxygen atoms in total. The molecule has 0 saturated heterocycles. The SMILES string of the molecule is O=C(O)c1ccnc(SCCOc2ccc(F)cc2)c1. The molecule has 0 fully saturated rings. The maximum atomic E-state index is 12.7. The Balaban J connectivity index is 1.79. The Morgan fingerprint density at radius 1 is 1.30 bits per heavy atom. The minimum Gasteiger partial charge on any atom is -0.493 e. The molecule has 1 aromatic heterocycles. The van der Waals surface area contributed by atoms with Crippen LogP contribution in [0.4, 0.5) is 4.39 Å². The van der Waals surface area contributed by atoms with Gasteiger partial charge in [0.2, 0.25) is 0 Å². The highest BCUT2D eigenvalue weighted by atomic mass is 32.2. The predicted octanol–water partition coefficient (Wildman–Crippen LogP) is 3.09. The third kappa shape index (κ3) is 4.24. The summed E-state index contributed by atoms with van der Waals surface area (Å²) in [5.74, 6) is -0.0644. The summed E-state index contributed by atoms with van der Waals surface area (Å²) in [4.78, 5) is 14.9. The molecule has 0 amide bonds. The molecule has 20 heavy (non-hydrogen) atoms. The van der Waals surface area contributed by atoms with Crippen molar-refractivity contribution in [2.75, 3.05) is 12.4 Å². The summed E-state index contributed by atoms with van der Waals surface area (Å²) in [6.07, 6.45) is 1.46. The van der Waals surface area contributed by atoms with Gasteiger partial charge in [0.25, 0.3) is 0 Å². The van der Waals surface area contributed by atoms with Gasteiger partial charge in [-0.05, 0) is 36.4 Å². The zero-order valence-electron chi connectivity index (χ0n) is 10.5. The minimum atomic E-state index is -0.975. The van der Waals surface area contributed by atoms with E-state index in [9.17, 15) is 9.18 Å². The van der Waals surface area contributed by atoms with Crippen molar-refractivity contribution in [1.82, 2.24) is 4.98 Å². The molecule has 0 radical (unpaired) electrons. The van der Waals surface area contributed by atoms with Crippen molar-refractivity contribution in [3.8, 4) is 5.75 Å². The summed E-state index contributed by atoms with van der Waals surface area (Å²) >= 11 is 1.40. The van der Waals surface area contributed by atoms with Crippen LogP contribution < -0.4 is 4.74 Å². The van der Waals surface area contributed by atoms with Gasteiger partial charge in [0.15, 0.2) is 0 Å². The number of carboxylic acid groups (broad SMARTS) is 1. The number of carboxylic acids is 1. The molecule has 0 atom stereocenters. The maximum Gasteiger partial charge on any atom is 0.335 e. The summed E-state index contributed by atoms with van der Waals surface area (Å²) in [6, 6.07) is 8.75. The number of pyridine rings is 1. The van der Waals surface area contributed by atoms with Gasteiger partial charge in [-0.15, -0.1) is 11.8 Å². The highest BCUT2D eigenvalue weighted by Gasteiger charge is 2.04. The molecular formula is C14H12FNO3S. The first kappa shape index (κ1) is 14.3. The van der Waals surface area contributed by atoms with Gasteiger partial charge in [-0.3, -0.25) is 0 Å². The van der Waals surface area contributed by atoms with Crippen LogP contribution in [0.15, 0.2) is 47.6 Å². The van der Waals surface area contributed by atoms with E-state index in [1.807, 2.05) is 0 Å². The lowest BCUT2D eigenvalue weighted by atomic mass is 10.3. The summed E-state index contributed by atoms with van der Waals surface area (Å²) in [5.41, 5.74) is 0.210. The summed E-state index contributed by atoms with van der Waals surface area (Å²) in [5, 5.41) is 9.49. The lowest BCUT2D eigenvalue weighted by molar-refractivity contribution is 0.0696. The van der Waals surface area contributed by atoms with Crippen molar-refractivity contribution in [3.63, 3.8) is 0 Å². The zero-order chi connectivity index (χ0) is 14.4. The van der Waals surface area contributed by atoms with Gasteiger partial charge in [-0.2, -0.15) is 0 Å². The molecule has 0 bridgehead atoms. The molecule has 0 unspecified atom stereocenters. The van der Waals surface area contributed by atoms with Crippen LogP contribution in [0.25, 0.3) is 0 Å². The maximum absolute atomic E-state index is 12.7. The number of aromatic nitrogens is 1. The molecule has 1 N–H and O–H groups in total. The summed E-state index contributed by atoms with van der Waals surface area (Å²) in [6.45, 7) is 0.426. The number of benzene rings is 1. The van der Waals surface area contributed by atoms with E-state index in [1.165, 1.54) is 42.2 Å². The third-order valence-corrected chi connectivity index (χ3v) is 3.29. The zero-order valence-corrected chi connectivity index (χ0v) is 11.3. The molecule has 6 heteroatoms. The number of nitrogens with zero attached hydrogens (tertiary/aromatic N) is 1. The second kappa shape index (κ2) is 6.91. The van der Waals surface area contributed by atoms with Gasteiger partial charge < -0.3 is 9.84 Å². The minimum absolute atomic E-state index is 0.210. The molecule has 0 aliphatic carbocycles. The topological polar surface area (TPSA) is 59.4 Å². The van der Waals surface area contributed by atoms with Crippen molar-refractivity contribution < 1.29 is 19.0 Å². The Labute approximate surface area is 119 Å². The van der Waals surface area contributed by atoms with E-state index in [0.717, 1.165) is 0 Å². The number of carbonyl (C=O) groups is 1. The lowest BCUT2D eigenvalue weighted by Crippen LogP contribution is -2.01. The highest BCUT2D eigenvalue weighted by Crippen LogP contribution is 2.17. The van der Waals surface area contributed by atoms with Crippen LogP contribution in [0.2, 0.25) is 0 Å². The third-order valence-electron chi connectivity index (χ3n) is 2.40. The van der Waals surface area contributed by atoms with Gasteiger partial charge in [0.05, 0.1) is 17.2 Å². The van der Waals surface area contributed by atoms with Crippen molar-refractivity contribution in [2.45, 2.75) is 5.03 Å². The smallest absolute Gasteiger partial charge is 0.335 e. The monoisotopic (exact) mass is 293 g/mol. The van der Waals surface area contributed by atoms with Crippen molar-refractivity contribution >= 4 is 17.7 Å². The molecule has 0 aliphatic rings. The summed E-state index contributed by atoms with van der Waals surface area (Å²) in [7, 11) is 0. The average molecular weight is 293 g/mol. The molecule has 1 heterocycles. The van der Waals surface area contributed by atoms with Crippen LogP contribution in [-0.4, -0.2) is 28.4 Å². The van der Waals surface area contributed by atoms with Crippen LogP contribution in [-0.2, 0) is 0 Å². The normalized spacial score (nSPS) is 10.2. The van der Waals surface area contributed by atoms with Gasteiger partial charge in [0.1, 0.15) is 11.6 Å². The molecular weight excluding hydrogens is 281 g/mol. The number of thioether (sulfide) groups is 1. The fourth-order valence-electron chi connectivity index (χ4n) is 1.46. The molecule has 2 rings (SSSR count). The quantitative estimate of drug-likeness (QED) is 0.655. The van der Waals surface area contributed by atoms with Crippen molar-refractivity contribution in [2.24, 2.45) is 0 Å². The highest BCUT2D eigenvalue weighted by molar-refractivity contribution is 7.99. The fourth-order valence-corrected chi connectivity index (χ4v) is 2.18. The van der Waals surface area contributed by atoms with E-state index in [2.05, 4.69) is 4.98 Å². The van der Waals surface area contributed by atoms with Crippen LogP contribution in [0.3, 0.4) is 0 Å². The first-order valence-electron chi connectivity index (χ1n) is 5.85.